The predicted molar refractivity (Wildman–Crippen MR) is 102 cm³/mol. The quantitative estimate of drug-likeness (QED) is 0.495. The molecule has 0 bridgehead atoms. The second-order valence-corrected chi connectivity index (χ2v) is 8.24. The zero-order chi connectivity index (χ0) is 17.7. The highest BCUT2D eigenvalue weighted by atomic mass is 79.9. The monoisotopic (exact) mass is 428 g/mol. The molecule has 1 aliphatic rings. The van der Waals surface area contributed by atoms with Crippen LogP contribution in [0.3, 0.4) is 0 Å². The fraction of sp³-hybridized carbons (Fsp3) is 0.222. The maximum atomic E-state index is 12.9. The summed E-state index contributed by atoms with van der Waals surface area (Å²) in [6.07, 6.45) is 4.70. The normalized spacial score (nSPS) is 13.4. The molecule has 0 amide bonds. The number of hydrogen-bond acceptors (Lipinski definition) is 6. The van der Waals surface area contributed by atoms with Crippen LogP contribution < -0.4 is 5.56 Å². The first kappa shape index (κ1) is 15.9. The molecule has 0 aliphatic heterocycles. The summed E-state index contributed by atoms with van der Waals surface area (Å²) in [6.45, 7) is 0.216. The van der Waals surface area contributed by atoms with Gasteiger partial charge >= 0.3 is 0 Å². The standard InChI is InChI=1S/C18H13BrN4O2S/c19-11-4-1-3-10(7-11)16-21-14(25-22-16)8-23-9-20-17-15(18(23)24)12-5-2-6-13(12)26-17/h1,3-4,7,9H,2,5-6,8H2. The Bertz CT molecular complexity index is 1190. The maximum Gasteiger partial charge on any atom is 0.262 e. The number of aryl methyl sites for hydroxylation is 2. The Morgan fingerprint density at radius 2 is 2.23 bits per heavy atom. The Balaban J connectivity index is 1.50. The molecule has 130 valence electrons. The van der Waals surface area contributed by atoms with Crippen molar-refractivity contribution in [1.29, 1.82) is 0 Å². The van der Waals surface area contributed by atoms with E-state index in [1.54, 1.807) is 22.2 Å². The summed E-state index contributed by atoms with van der Waals surface area (Å²) >= 11 is 5.07. The Morgan fingerprint density at radius 1 is 1.31 bits per heavy atom. The van der Waals surface area contributed by atoms with E-state index >= 15 is 0 Å². The Labute approximate surface area is 160 Å². The van der Waals surface area contributed by atoms with E-state index in [1.165, 1.54) is 10.4 Å². The van der Waals surface area contributed by atoms with E-state index in [-0.39, 0.29) is 12.1 Å². The number of thiophene rings is 1. The van der Waals surface area contributed by atoms with Gasteiger partial charge in [-0.05, 0) is 37.0 Å². The summed E-state index contributed by atoms with van der Waals surface area (Å²) in [5.74, 6) is 0.884. The third-order valence-corrected chi connectivity index (χ3v) is 6.24. The van der Waals surface area contributed by atoms with Crippen molar-refractivity contribution >= 4 is 37.5 Å². The van der Waals surface area contributed by atoms with Gasteiger partial charge in [0, 0.05) is 14.9 Å². The second kappa shape index (κ2) is 6.14. The summed E-state index contributed by atoms with van der Waals surface area (Å²) < 4.78 is 7.83. The van der Waals surface area contributed by atoms with Gasteiger partial charge in [0.25, 0.3) is 5.56 Å². The minimum atomic E-state index is -0.0309. The van der Waals surface area contributed by atoms with Gasteiger partial charge in [0.2, 0.25) is 11.7 Å². The zero-order valence-corrected chi connectivity index (χ0v) is 16.0. The van der Waals surface area contributed by atoms with Crippen LogP contribution in [-0.4, -0.2) is 19.7 Å². The highest BCUT2D eigenvalue weighted by molar-refractivity contribution is 9.10. The van der Waals surface area contributed by atoms with Crippen LogP contribution in [0.1, 0.15) is 22.8 Å². The molecule has 1 aromatic carbocycles. The maximum absolute atomic E-state index is 12.9. The van der Waals surface area contributed by atoms with Crippen LogP contribution in [0.25, 0.3) is 21.6 Å². The lowest BCUT2D eigenvalue weighted by Gasteiger charge is -2.02. The van der Waals surface area contributed by atoms with Crippen LogP contribution >= 0.6 is 27.3 Å². The molecule has 0 fully saturated rings. The molecule has 1 aliphatic carbocycles. The highest BCUT2D eigenvalue weighted by Crippen LogP contribution is 2.34. The first-order valence-electron chi connectivity index (χ1n) is 8.27. The molecular weight excluding hydrogens is 416 g/mol. The molecule has 3 heterocycles. The number of nitrogens with zero attached hydrogens (tertiary/aromatic N) is 4. The van der Waals surface area contributed by atoms with Crippen molar-refractivity contribution in [3.05, 3.63) is 61.8 Å². The lowest BCUT2D eigenvalue weighted by atomic mass is 10.2. The fourth-order valence-electron chi connectivity index (χ4n) is 3.34. The van der Waals surface area contributed by atoms with E-state index < -0.39 is 0 Å². The highest BCUT2D eigenvalue weighted by Gasteiger charge is 2.21. The number of aromatic nitrogens is 4. The molecule has 0 unspecified atom stereocenters. The van der Waals surface area contributed by atoms with Crippen molar-refractivity contribution in [3.63, 3.8) is 0 Å². The second-order valence-electron chi connectivity index (χ2n) is 6.24. The van der Waals surface area contributed by atoms with Crippen molar-refractivity contribution in [2.24, 2.45) is 0 Å². The zero-order valence-electron chi connectivity index (χ0n) is 13.6. The third kappa shape index (κ3) is 2.60. The Hall–Kier alpha value is -2.32. The van der Waals surface area contributed by atoms with E-state index in [9.17, 15) is 4.79 Å². The number of hydrogen-bond donors (Lipinski definition) is 0. The van der Waals surface area contributed by atoms with Crippen LogP contribution in [0.5, 0.6) is 0 Å². The van der Waals surface area contributed by atoms with E-state index in [2.05, 4.69) is 31.1 Å². The minimum Gasteiger partial charge on any atom is -0.337 e. The van der Waals surface area contributed by atoms with E-state index in [4.69, 9.17) is 4.52 Å². The summed E-state index contributed by atoms with van der Waals surface area (Å²) in [5, 5.41) is 4.78. The van der Waals surface area contributed by atoms with Crippen molar-refractivity contribution in [3.8, 4) is 11.4 Å². The van der Waals surface area contributed by atoms with Gasteiger partial charge in [-0.3, -0.25) is 9.36 Å². The molecule has 0 N–H and O–H groups in total. The number of halogens is 1. The number of fused-ring (bicyclic) bond motifs is 3. The first-order valence-corrected chi connectivity index (χ1v) is 9.88. The predicted octanol–water partition coefficient (Wildman–Crippen LogP) is 3.81. The van der Waals surface area contributed by atoms with Gasteiger partial charge in [-0.25, -0.2) is 4.98 Å². The van der Waals surface area contributed by atoms with Gasteiger partial charge in [0.05, 0.1) is 11.7 Å². The molecule has 3 aromatic heterocycles. The van der Waals surface area contributed by atoms with Crippen LogP contribution in [0.2, 0.25) is 0 Å². The third-order valence-electron chi connectivity index (χ3n) is 4.55. The van der Waals surface area contributed by atoms with Gasteiger partial charge in [0.15, 0.2) is 0 Å². The van der Waals surface area contributed by atoms with Crippen LogP contribution in [0.4, 0.5) is 0 Å². The topological polar surface area (TPSA) is 73.8 Å². The van der Waals surface area contributed by atoms with Gasteiger partial charge in [0.1, 0.15) is 11.4 Å². The lowest BCUT2D eigenvalue weighted by Crippen LogP contribution is -2.21. The molecule has 0 saturated heterocycles. The molecule has 8 heteroatoms. The van der Waals surface area contributed by atoms with Crippen molar-refractivity contribution < 1.29 is 4.52 Å². The summed E-state index contributed by atoms with van der Waals surface area (Å²) in [7, 11) is 0. The van der Waals surface area contributed by atoms with Gasteiger partial charge < -0.3 is 4.52 Å². The fourth-order valence-corrected chi connectivity index (χ4v) is 4.96. The molecule has 0 radical (unpaired) electrons. The molecule has 26 heavy (non-hydrogen) atoms. The number of benzene rings is 1. The van der Waals surface area contributed by atoms with E-state index in [0.29, 0.717) is 11.7 Å². The summed E-state index contributed by atoms with van der Waals surface area (Å²) in [6, 6.07) is 7.68. The average Bonchev–Trinajstić information content (AvgIpc) is 3.33. The molecular formula is C18H13BrN4O2S. The molecule has 6 nitrogen and oxygen atoms in total. The smallest absolute Gasteiger partial charge is 0.262 e. The van der Waals surface area contributed by atoms with Crippen molar-refractivity contribution in [2.75, 3.05) is 0 Å². The SMILES string of the molecule is O=c1c2c3c(sc2ncn1Cc1nc(-c2cccc(Br)c2)no1)CCC3. The van der Waals surface area contributed by atoms with E-state index in [0.717, 1.165) is 39.5 Å². The first-order chi connectivity index (χ1) is 12.7. The number of rotatable bonds is 3. The van der Waals surface area contributed by atoms with Gasteiger partial charge in [-0.15, -0.1) is 11.3 Å². The van der Waals surface area contributed by atoms with Crippen molar-refractivity contribution in [1.82, 2.24) is 19.7 Å². The minimum absolute atomic E-state index is 0.0309. The average molecular weight is 429 g/mol. The Kier molecular flexibility index (Phi) is 3.75. The van der Waals surface area contributed by atoms with E-state index in [1.807, 2.05) is 24.3 Å². The van der Waals surface area contributed by atoms with Crippen molar-refractivity contribution in [2.45, 2.75) is 25.8 Å². The Morgan fingerprint density at radius 3 is 3.12 bits per heavy atom. The molecule has 4 aromatic rings. The lowest BCUT2D eigenvalue weighted by molar-refractivity contribution is 0.369. The molecule has 0 atom stereocenters. The molecule has 0 spiro atoms. The largest absolute Gasteiger partial charge is 0.337 e. The van der Waals surface area contributed by atoms with Gasteiger partial charge in [-0.1, -0.05) is 33.2 Å². The molecule has 5 rings (SSSR count). The van der Waals surface area contributed by atoms with Gasteiger partial charge in [-0.2, -0.15) is 4.98 Å². The summed E-state index contributed by atoms with van der Waals surface area (Å²) in [5.41, 5.74) is 2.00. The van der Waals surface area contributed by atoms with Crippen LogP contribution in [0.15, 0.2) is 44.4 Å². The molecule has 0 saturated carbocycles. The summed E-state index contributed by atoms with van der Waals surface area (Å²) in [4.78, 5) is 23.9. The van der Waals surface area contributed by atoms with Crippen LogP contribution in [0, 0.1) is 0 Å². The van der Waals surface area contributed by atoms with Crippen LogP contribution in [-0.2, 0) is 19.4 Å².